The highest BCUT2D eigenvalue weighted by atomic mass is 16.2. The predicted octanol–water partition coefficient (Wildman–Crippen LogP) is 2.58. The van der Waals surface area contributed by atoms with E-state index < -0.39 is 5.41 Å². The molecule has 152 valence electrons. The second-order valence-electron chi connectivity index (χ2n) is 8.51. The lowest BCUT2D eigenvalue weighted by Crippen LogP contribution is -2.66. The molecule has 2 fully saturated rings. The van der Waals surface area contributed by atoms with Crippen molar-refractivity contribution in [2.24, 2.45) is 11.3 Å². The topological polar surface area (TPSA) is 75.2 Å². The Bertz CT molecular complexity index is 882. The van der Waals surface area contributed by atoms with Gasteiger partial charge in [-0.2, -0.15) is 0 Å². The molecule has 29 heavy (non-hydrogen) atoms. The number of amides is 2. The number of carbonyl (C=O) groups is 2. The Balaban J connectivity index is 1.46. The molecule has 6 nitrogen and oxygen atoms in total. The van der Waals surface area contributed by atoms with Crippen LogP contribution in [0.1, 0.15) is 42.0 Å². The van der Waals surface area contributed by atoms with Gasteiger partial charge in [0, 0.05) is 30.4 Å². The fourth-order valence-corrected chi connectivity index (χ4v) is 4.30. The smallest absolute Gasteiger partial charge is 0.230 e. The van der Waals surface area contributed by atoms with Crippen LogP contribution < -0.4 is 5.32 Å². The number of carbonyl (C=O) groups excluding carboxylic acids is 2. The molecule has 1 aromatic heterocycles. The van der Waals surface area contributed by atoms with Crippen LogP contribution in [-0.2, 0) is 22.6 Å². The third-order valence-corrected chi connectivity index (χ3v) is 6.06. The van der Waals surface area contributed by atoms with Crippen molar-refractivity contribution >= 4 is 11.8 Å². The highest BCUT2D eigenvalue weighted by molar-refractivity contribution is 5.89. The van der Waals surface area contributed by atoms with E-state index in [1.165, 1.54) is 0 Å². The van der Waals surface area contributed by atoms with Gasteiger partial charge in [-0.25, -0.2) is 9.97 Å². The van der Waals surface area contributed by atoms with Gasteiger partial charge in [0.05, 0.1) is 12.0 Å². The zero-order valence-electron chi connectivity index (χ0n) is 17.1. The molecule has 1 aliphatic carbocycles. The first kappa shape index (κ1) is 19.6. The molecule has 0 atom stereocenters. The van der Waals surface area contributed by atoms with Crippen LogP contribution >= 0.6 is 0 Å². The fourth-order valence-electron chi connectivity index (χ4n) is 4.30. The Morgan fingerprint density at radius 2 is 1.76 bits per heavy atom. The van der Waals surface area contributed by atoms with Gasteiger partial charge in [-0.15, -0.1) is 0 Å². The molecule has 0 unspecified atom stereocenters. The quantitative estimate of drug-likeness (QED) is 0.820. The zero-order chi connectivity index (χ0) is 20.4. The van der Waals surface area contributed by atoms with E-state index in [9.17, 15) is 9.59 Å². The van der Waals surface area contributed by atoms with Crippen LogP contribution in [-0.4, -0.2) is 39.8 Å². The number of hydrogen-bond acceptors (Lipinski definition) is 4. The normalized spacial score (nSPS) is 17.9. The average molecular weight is 393 g/mol. The summed E-state index contributed by atoms with van der Waals surface area (Å²) in [6.45, 7) is 5.11. The molecule has 1 saturated carbocycles. The van der Waals surface area contributed by atoms with Gasteiger partial charge < -0.3 is 10.2 Å². The molecule has 2 aromatic rings. The van der Waals surface area contributed by atoms with Crippen LogP contribution in [0.15, 0.2) is 36.4 Å². The van der Waals surface area contributed by atoms with E-state index in [1.807, 2.05) is 55.1 Å². The summed E-state index contributed by atoms with van der Waals surface area (Å²) in [5.41, 5.74) is 2.31. The molecule has 1 aliphatic heterocycles. The van der Waals surface area contributed by atoms with Crippen molar-refractivity contribution in [2.45, 2.75) is 46.1 Å². The second-order valence-corrected chi connectivity index (χ2v) is 8.51. The van der Waals surface area contributed by atoms with Gasteiger partial charge in [0.1, 0.15) is 5.82 Å². The molecular weight excluding hydrogens is 364 g/mol. The number of aromatic nitrogens is 2. The number of likely N-dealkylation sites (tertiary alicyclic amines) is 1. The molecule has 2 aliphatic rings. The minimum atomic E-state index is -0.584. The number of hydrogen-bond donors (Lipinski definition) is 1. The van der Waals surface area contributed by atoms with Gasteiger partial charge >= 0.3 is 0 Å². The number of nitrogens with one attached hydrogen (secondary N) is 1. The maximum atomic E-state index is 13.2. The van der Waals surface area contributed by atoms with E-state index in [0.717, 1.165) is 36.2 Å². The van der Waals surface area contributed by atoms with Crippen LogP contribution in [0.4, 0.5) is 0 Å². The van der Waals surface area contributed by atoms with Crippen molar-refractivity contribution in [3.63, 3.8) is 0 Å². The molecule has 2 heterocycles. The molecular formula is C23H28N4O2. The van der Waals surface area contributed by atoms with E-state index in [0.29, 0.717) is 31.9 Å². The van der Waals surface area contributed by atoms with E-state index in [2.05, 4.69) is 15.3 Å². The summed E-state index contributed by atoms with van der Waals surface area (Å²) < 4.78 is 0. The van der Waals surface area contributed by atoms with Gasteiger partial charge in [0.25, 0.3) is 0 Å². The number of nitrogens with zero attached hydrogens (tertiary/aromatic N) is 3. The fraction of sp³-hybridized carbons (Fsp3) is 0.478. The highest BCUT2D eigenvalue weighted by Crippen LogP contribution is 2.38. The van der Waals surface area contributed by atoms with Gasteiger partial charge in [-0.1, -0.05) is 36.8 Å². The van der Waals surface area contributed by atoms with Crippen LogP contribution in [0.5, 0.6) is 0 Å². The Morgan fingerprint density at radius 3 is 2.34 bits per heavy atom. The SMILES string of the molecule is Cc1cc(C)nc(CNC(=O)C2(Cc3ccccc3)CN(C(=O)C3CCC3)C2)n1. The molecule has 0 spiro atoms. The number of rotatable bonds is 6. The maximum absolute atomic E-state index is 13.2. The summed E-state index contributed by atoms with van der Waals surface area (Å²) in [4.78, 5) is 36.5. The van der Waals surface area contributed by atoms with Crippen molar-refractivity contribution in [1.82, 2.24) is 20.2 Å². The zero-order valence-corrected chi connectivity index (χ0v) is 17.1. The van der Waals surface area contributed by atoms with Gasteiger partial charge in [-0.05, 0) is 44.7 Å². The maximum Gasteiger partial charge on any atom is 0.230 e. The number of aryl methyl sites for hydroxylation is 2. The summed E-state index contributed by atoms with van der Waals surface area (Å²) in [6, 6.07) is 11.9. The van der Waals surface area contributed by atoms with Crippen LogP contribution in [0.3, 0.4) is 0 Å². The number of benzene rings is 1. The molecule has 1 N–H and O–H groups in total. The first-order valence-electron chi connectivity index (χ1n) is 10.4. The van der Waals surface area contributed by atoms with Crippen molar-refractivity contribution in [3.8, 4) is 0 Å². The summed E-state index contributed by atoms with van der Waals surface area (Å²) in [6.07, 6.45) is 3.73. The summed E-state index contributed by atoms with van der Waals surface area (Å²) in [7, 11) is 0. The van der Waals surface area contributed by atoms with Crippen molar-refractivity contribution in [1.29, 1.82) is 0 Å². The van der Waals surface area contributed by atoms with Crippen molar-refractivity contribution < 1.29 is 9.59 Å². The third kappa shape index (κ3) is 4.16. The highest BCUT2D eigenvalue weighted by Gasteiger charge is 2.52. The molecule has 6 heteroatoms. The third-order valence-electron chi connectivity index (χ3n) is 6.06. The summed E-state index contributed by atoms with van der Waals surface area (Å²) >= 11 is 0. The molecule has 0 bridgehead atoms. The molecule has 1 aromatic carbocycles. The minimum absolute atomic E-state index is 0.0261. The lowest BCUT2D eigenvalue weighted by molar-refractivity contribution is -0.158. The first-order valence-corrected chi connectivity index (χ1v) is 10.4. The van der Waals surface area contributed by atoms with E-state index in [4.69, 9.17) is 0 Å². The molecule has 0 radical (unpaired) electrons. The van der Waals surface area contributed by atoms with E-state index in [-0.39, 0.29) is 17.7 Å². The minimum Gasteiger partial charge on any atom is -0.348 e. The Hall–Kier alpha value is -2.76. The van der Waals surface area contributed by atoms with Gasteiger partial charge in [0.2, 0.25) is 11.8 Å². The first-order chi connectivity index (χ1) is 13.9. The van der Waals surface area contributed by atoms with E-state index >= 15 is 0 Å². The average Bonchev–Trinajstić information content (AvgIpc) is 2.61. The molecule has 4 rings (SSSR count). The standard InChI is InChI=1S/C23H28N4O2/c1-16-11-17(2)26-20(25-16)13-24-22(29)23(12-18-7-4-3-5-8-18)14-27(15-23)21(28)19-9-6-10-19/h3-5,7-8,11,19H,6,9-10,12-15H2,1-2H3,(H,24,29). The van der Waals surface area contributed by atoms with Crippen LogP contribution in [0.2, 0.25) is 0 Å². The lowest BCUT2D eigenvalue weighted by atomic mass is 9.72. The Kier molecular flexibility index (Phi) is 5.35. The summed E-state index contributed by atoms with van der Waals surface area (Å²) in [5, 5.41) is 3.03. The molecule has 1 saturated heterocycles. The van der Waals surface area contributed by atoms with Crippen molar-refractivity contribution in [2.75, 3.05) is 13.1 Å². The summed E-state index contributed by atoms with van der Waals surface area (Å²) in [5.74, 6) is 0.969. The second kappa shape index (κ2) is 7.93. The monoisotopic (exact) mass is 392 g/mol. The van der Waals surface area contributed by atoms with Gasteiger partial charge in [-0.3, -0.25) is 9.59 Å². The van der Waals surface area contributed by atoms with E-state index in [1.54, 1.807) is 0 Å². The molecule has 2 amide bonds. The van der Waals surface area contributed by atoms with Crippen LogP contribution in [0.25, 0.3) is 0 Å². The van der Waals surface area contributed by atoms with Crippen LogP contribution in [0, 0.1) is 25.2 Å². The van der Waals surface area contributed by atoms with Gasteiger partial charge in [0.15, 0.2) is 0 Å². The Labute approximate surface area is 171 Å². The van der Waals surface area contributed by atoms with Crippen molar-refractivity contribution in [3.05, 3.63) is 59.2 Å². The largest absolute Gasteiger partial charge is 0.348 e. The Morgan fingerprint density at radius 1 is 1.10 bits per heavy atom. The predicted molar refractivity (Wildman–Crippen MR) is 110 cm³/mol. The lowest BCUT2D eigenvalue weighted by Gasteiger charge is -2.50.